The Morgan fingerprint density at radius 2 is 0.698 bits per heavy atom. The molecule has 3 spiro atoms. The van der Waals surface area contributed by atoms with Gasteiger partial charge in [-0.2, -0.15) is 0 Å². The van der Waals surface area contributed by atoms with E-state index in [1.165, 1.54) is 15.0 Å². The van der Waals surface area contributed by atoms with E-state index >= 15 is 0 Å². The maximum Gasteiger partial charge on any atom is 0.343 e. The van der Waals surface area contributed by atoms with Crippen LogP contribution in [-0.4, -0.2) is 221 Å². The molecule has 15 bridgehead atoms. The highest BCUT2D eigenvalue weighted by Gasteiger charge is 2.48. The second-order valence-corrected chi connectivity index (χ2v) is 36.1. The molecule has 34 nitrogen and oxygen atoms in total. The zero-order valence-electron chi connectivity index (χ0n) is 75.4. The van der Waals surface area contributed by atoms with Gasteiger partial charge in [-0.3, -0.25) is 82.7 Å². The normalized spacial score (nSPS) is 29.5. The molecule has 2 unspecified atom stereocenters. The van der Waals surface area contributed by atoms with Crippen LogP contribution < -0.4 is 48.2 Å². The van der Waals surface area contributed by atoms with E-state index in [1.807, 2.05) is 130 Å². The van der Waals surface area contributed by atoms with Crippen LogP contribution in [-0.2, 0) is 90.7 Å². The van der Waals surface area contributed by atoms with Crippen molar-refractivity contribution in [3.63, 3.8) is 0 Å². The maximum atomic E-state index is 13.8. The average Bonchev–Trinajstić information content (AvgIpc) is 1.22. The van der Waals surface area contributed by atoms with Crippen molar-refractivity contribution in [2.45, 2.75) is 232 Å². The van der Waals surface area contributed by atoms with E-state index in [2.05, 4.69) is 48.2 Å². The fraction of sp³-hybridized carbons (Fsp3) is 0.526. The van der Waals surface area contributed by atoms with Crippen LogP contribution in [0.2, 0.25) is 0 Å². The van der Waals surface area contributed by atoms with E-state index in [1.54, 1.807) is 80.5 Å². The zero-order chi connectivity index (χ0) is 92.2. The standard InChI is InChI=1S/2C32H41N5O6.C31H39N5O7/c1-19(2)27-29(39)34-21(4)30(40)37-15-5-7-25(36-37)28(38)33-20(3)24-11-10-23-9-8-22(17-26(23)35-24)12-14-32(31(41)43-27)13-6-16-42-18-32;1-19(2)27-29(39)34-21(4)30(40)37-16-7-8-25(36-37)28(38)33-20(3)24-12-11-23-10-9-22(18-26(23)35-24)13-15-32(31(41)43-27)14-5-6-17-42-32;1-18(2)26-28(38)33-20(4)29(39)36-13-5-6-24(35-36)27(37)32-19(3)23-10-9-22-8-7-21(14-25(22)34-23)11-12-31(30(40)43-26)15-41-17-42-16-31/h8-12,14,17,19-21,25,27,36H,5-7,13,15-16,18H2,1-4H3,(H,33,38)(H,34,39);9-13,15,18-21,25,27,36H,5-8,14,16-17H2,1-4H3,(H,33,38)(H,34,39);7-12,14,18-20,24,26,35H,5-6,13,15-17H2,1-4H3,(H,32,37)(H,33,38)/b14-12+;15-13+;12-11+/t2*20-,21+,25+,27+,32?;19-,20+,24+,26+/m111/s1. The number of nitrogens with one attached hydrogen (secondary N) is 9. The number of ether oxygens (including phenoxy) is 7. The van der Waals surface area contributed by atoms with Gasteiger partial charge in [0.2, 0.25) is 17.7 Å². The van der Waals surface area contributed by atoms with Crippen molar-refractivity contribution >= 4 is 122 Å². The van der Waals surface area contributed by atoms with Gasteiger partial charge in [0.15, 0.2) is 23.9 Å². The highest BCUT2D eigenvalue weighted by molar-refractivity contribution is 5.96. The lowest BCUT2D eigenvalue weighted by molar-refractivity contribution is -0.192. The minimum absolute atomic E-state index is 0.0125. The summed E-state index contributed by atoms with van der Waals surface area (Å²) in [5, 5.41) is 24.1. The largest absolute Gasteiger partial charge is 0.451 e. The zero-order valence-corrected chi connectivity index (χ0v) is 75.4. The number of rotatable bonds is 3. The van der Waals surface area contributed by atoms with Gasteiger partial charge in [-0.05, 0) is 189 Å². The Labute approximate surface area is 750 Å². The Morgan fingerprint density at radius 3 is 1.05 bits per heavy atom. The molecule has 6 fully saturated rings. The first-order chi connectivity index (χ1) is 61.7. The summed E-state index contributed by atoms with van der Waals surface area (Å²) in [7, 11) is 0. The van der Waals surface area contributed by atoms with Gasteiger partial charge in [0.1, 0.15) is 53.9 Å². The lowest BCUT2D eigenvalue weighted by Crippen LogP contribution is -2.61. The molecule has 15 rings (SSSR count). The number of fused-ring (bicyclic) bond motifs is 12. The smallest absolute Gasteiger partial charge is 0.343 e. The van der Waals surface area contributed by atoms with Gasteiger partial charge in [0.25, 0.3) is 35.4 Å². The van der Waals surface area contributed by atoms with Crippen LogP contribution in [0.1, 0.15) is 206 Å². The van der Waals surface area contributed by atoms with Crippen molar-refractivity contribution in [2.24, 2.45) is 28.6 Å². The quantitative estimate of drug-likeness (QED) is 0.0604. The fourth-order valence-electron chi connectivity index (χ4n) is 16.9. The first-order valence-electron chi connectivity index (χ1n) is 45.0. The second-order valence-electron chi connectivity index (χ2n) is 36.1. The number of amides is 9. The molecule has 690 valence electrons. The number of pyridine rings is 3. The predicted octanol–water partition coefficient (Wildman–Crippen LogP) is 7.75. The molecule has 6 saturated heterocycles. The minimum Gasteiger partial charge on any atom is -0.451 e. The summed E-state index contributed by atoms with van der Waals surface area (Å²) < 4.78 is 40.4. The van der Waals surface area contributed by atoms with Crippen molar-refractivity contribution in [2.75, 3.05) is 59.5 Å². The summed E-state index contributed by atoms with van der Waals surface area (Å²) in [4.78, 5) is 175. The summed E-state index contributed by atoms with van der Waals surface area (Å²) in [5.41, 5.74) is 12.1. The Kier molecular flexibility index (Phi) is 30.9. The van der Waals surface area contributed by atoms with Crippen molar-refractivity contribution in [3.8, 4) is 0 Å². The van der Waals surface area contributed by atoms with E-state index in [-0.39, 0.29) is 92.0 Å². The number of esters is 3. The molecule has 6 aromatic rings. The third-order valence-corrected chi connectivity index (χ3v) is 24.8. The number of carbonyl (C=O) groups excluding carboxylic acids is 12. The summed E-state index contributed by atoms with van der Waals surface area (Å²) in [6.07, 6.45) is 13.9. The van der Waals surface area contributed by atoms with Crippen molar-refractivity contribution in [3.05, 3.63) is 143 Å². The number of hydrogen-bond donors (Lipinski definition) is 9. The van der Waals surface area contributed by atoms with Crippen LogP contribution in [0.5, 0.6) is 0 Å². The van der Waals surface area contributed by atoms with E-state index in [4.69, 9.17) is 48.1 Å². The van der Waals surface area contributed by atoms with E-state index < -0.39 is 113 Å². The monoisotopic (exact) mass is 1780 g/mol. The molecular weight excluding hydrogens is 1660 g/mol. The molecule has 3 aromatic heterocycles. The lowest BCUT2D eigenvalue weighted by atomic mass is 9.81. The number of nitrogens with zero attached hydrogens (tertiary/aromatic N) is 6. The van der Waals surface area contributed by atoms with Crippen LogP contribution in [0.15, 0.2) is 109 Å². The number of benzene rings is 3. The lowest BCUT2D eigenvalue weighted by Gasteiger charge is -2.36. The van der Waals surface area contributed by atoms with E-state index in [0.717, 1.165) is 62.2 Å². The molecule has 9 aliphatic heterocycles. The number of aromatic nitrogens is 3. The van der Waals surface area contributed by atoms with Crippen molar-refractivity contribution in [1.82, 2.24) is 78.2 Å². The topological polar surface area (TPSA) is 426 Å². The van der Waals surface area contributed by atoms with Gasteiger partial charge >= 0.3 is 17.9 Å². The summed E-state index contributed by atoms with van der Waals surface area (Å²) in [6, 6.07) is 23.2. The van der Waals surface area contributed by atoms with Crippen LogP contribution in [0.25, 0.3) is 50.9 Å². The molecule has 34 heteroatoms. The molecule has 9 N–H and O–H groups in total. The minimum atomic E-state index is -1.35. The van der Waals surface area contributed by atoms with Gasteiger partial charge in [-0.25, -0.2) is 21.1 Å². The summed E-state index contributed by atoms with van der Waals surface area (Å²) >= 11 is 0. The van der Waals surface area contributed by atoms with Crippen molar-refractivity contribution in [1.29, 1.82) is 0 Å². The molecule has 0 radical (unpaired) electrons. The van der Waals surface area contributed by atoms with Gasteiger partial charge in [0, 0.05) is 49.0 Å². The molecule has 0 aliphatic carbocycles. The first kappa shape index (κ1) is 95.1. The second kappa shape index (κ2) is 41.9. The Morgan fingerprint density at radius 1 is 0.357 bits per heavy atom. The molecule has 12 heterocycles. The average molecular weight is 1780 g/mol. The Hall–Kier alpha value is -11.5. The number of hydrogen-bond acceptors (Lipinski definition) is 25. The van der Waals surface area contributed by atoms with Crippen LogP contribution >= 0.6 is 0 Å². The number of cyclic esters (lactones) is 3. The summed E-state index contributed by atoms with van der Waals surface area (Å²) in [5.74, 6) is -6.55. The van der Waals surface area contributed by atoms with Gasteiger partial charge in [0.05, 0.1) is 71.6 Å². The highest BCUT2D eigenvalue weighted by Crippen LogP contribution is 2.37. The molecule has 3 aromatic carbocycles. The molecule has 9 aliphatic rings. The van der Waals surface area contributed by atoms with Gasteiger partial charge in [-0.15, -0.1) is 0 Å². The molecular formula is C95H121N15O19. The first-order valence-corrected chi connectivity index (χ1v) is 45.0. The third kappa shape index (κ3) is 22.8. The van der Waals surface area contributed by atoms with Crippen LogP contribution in [0.4, 0.5) is 0 Å². The number of hydrazine groups is 3. The Balaban J connectivity index is 0.000000165. The molecule has 9 amide bonds. The summed E-state index contributed by atoms with van der Waals surface area (Å²) in [6.45, 7) is 23.3. The molecule has 14 atom stereocenters. The van der Waals surface area contributed by atoms with Crippen LogP contribution in [0.3, 0.4) is 0 Å². The predicted molar refractivity (Wildman–Crippen MR) is 477 cm³/mol. The van der Waals surface area contributed by atoms with Gasteiger partial charge < -0.3 is 65.1 Å². The fourth-order valence-corrected chi connectivity index (χ4v) is 16.9. The van der Waals surface area contributed by atoms with Crippen molar-refractivity contribution < 1.29 is 90.7 Å². The maximum absolute atomic E-state index is 13.8. The Bertz CT molecular complexity index is 4760. The molecule has 0 saturated carbocycles. The number of carbonyl (C=O) groups is 12. The third-order valence-electron chi connectivity index (χ3n) is 24.8. The molecule has 129 heavy (non-hydrogen) atoms. The van der Waals surface area contributed by atoms with E-state index in [9.17, 15) is 57.5 Å². The highest BCUT2D eigenvalue weighted by atomic mass is 16.7. The van der Waals surface area contributed by atoms with Gasteiger partial charge in [-0.1, -0.05) is 127 Å². The van der Waals surface area contributed by atoms with Crippen LogP contribution in [0, 0.1) is 28.6 Å². The SMILES string of the molecule is CC(C)[C@@H]1OC(=O)C2(/C=C/c3ccc4ccc(nc4c3)[C@@H](C)NC(=O)[C@@H]3CCCN(N3)C(=O)[C@H](C)NC1=O)CCCCO2.CC(C)[C@@H]1OC(=O)C2(/C=C/c3ccc4ccc(nc4c3)[C@@H](C)NC(=O)[C@@H]3CCCN(N3)C(=O)[C@H](C)NC1=O)CCCOC2.CC(C)[C@@H]1OC(=O)C2(/C=C/c3ccc4ccc(nc4c3)[C@@H](C)NC(=O)[C@@H]3CCCN(N3)C(=O)[C@H](C)NC1=O)COCOC2. The van der Waals surface area contributed by atoms with E-state index in [0.29, 0.717) is 108 Å².